The van der Waals surface area contributed by atoms with E-state index in [1.165, 1.54) is 11.0 Å². The number of tetrazole rings is 1. The monoisotopic (exact) mass is 441 g/mol. The highest BCUT2D eigenvalue weighted by atomic mass is 19.4. The van der Waals surface area contributed by atoms with Gasteiger partial charge in [0.1, 0.15) is 0 Å². The van der Waals surface area contributed by atoms with Gasteiger partial charge >= 0.3 is 6.18 Å². The summed E-state index contributed by atoms with van der Waals surface area (Å²) in [6, 6.07) is 10.3. The maximum atomic E-state index is 12.8. The molecule has 1 amide bonds. The lowest BCUT2D eigenvalue weighted by atomic mass is 9.80. The Morgan fingerprint density at radius 1 is 1.19 bits per heavy atom. The number of alkyl halides is 3. The number of carbonyl (C=O) groups is 1. The van der Waals surface area contributed by atoms with Crippen LogP contribution in [0.15, 0.2) is 48.8 Å². The van der Waals surface area contributed by atoms with Crippen molar-refractivity contribution in [3.05, 3.63) is 59.9 Å². The number of amides is 1. The van der Waals surface area contributed by atoms with E-state index >= 15 is 0 Å². The smallest absolute Gasteiger partial charge is 0.322 e. The fourth-order valence-corrected chi connectivity index (χ4v) is 3.73. The number of aromatic nitrogens is 6. The summed E-state index contributed by atoms with van der Waals surface area (Å²) in [5.41, 5.74) is 3.12. The Hall–Kier alpha value is -3.76. The summed E-state index contributed by atoms with van der Waals surface area (Å²) in [6.45, 7) is 1.85. The van der Waals surface area contributed by atoms with Crippen molar-refractivity contribution in [1.29, 1.82) is 0 Å². The number of pyridine rings is 1. The van der Waals surface area contributed by atoms with Gasteiger partial charge in [-0.1, -0.05) is 18.2 Å². The van der Waals surface area contributed by atoms with Gasteiger partial charge in [0.2, 0.25) is 5.82 Å². The average Bonchev–Trinajstić information content (AvgIpc) is 3.35. The predicted molar refractivity (Wildman–Crippen MR) is 109 cm³/mol. The molecule has 11 heteroatoms. The summed E-state index contributed by atoms with van der Waals surface area (Å²) in [6.07, 6.45) is -1.02. The molecule has 4 aromatic rings. The lowest BCUT2D eigenvalue weighted by Crippen LogP contribution is -2.37. The second-order valence-electron chi connectivity index (χ2n) is 7.87. The number of fused-ring (bicyclic) bond motifs is 1. The maximum Gasteiger partial charge on any atom is 0.391 e. The van der Waals surface area contributed by atoms with Gasteiger partial charge in [0, 0.05) is 17.4 Å². The zero-order valence-electron chi connectivity index (χ0n) is 16.9. The molecule has 0 radical (unpaired) electrons. The van der Waals surface area contributed by atoms with Crippen molar-refractivity contribution < 1.29 is 18.0 Å². The molecule has 0 bridgehead atoms. The lowest BCUT2D eigenvalue weighted by molar-refractivity contribution is -0.203. The Kier molecular flexibility index (Phi) is 4.68. The van der Waals surface area contributed by atoms with Gasteiger partial charge in [0.05, 0.1) is 29.2 Å². The van der Waals surface area contributed by atoms with E-state index in [-0.39, 0.29) is 24.6 Å². The number of hydrogen-bond acceptors (Lipinski definition) is 5. The molecule has 0 saturated heterocycles. The van der Waals surface area contributed by atoms with E-state index in [4.69, 9.17) is 0 Å². The standard InChI is InChI=1S/C21H18F3N7O/c1-12-5-6-13(19-27-29-31(28-19)15-9-14(10-15)21(22,23)24)8-17(12)26-20(32)16-11-25-30-7-3-2-4-18(16)30/h2-8,11,14-15H,9-10H2,1H3,(H,26,32). The van der Waals surface area contributed by atoms with Crippen molar-refractivity contribution in [3.8, 4) is 11.4 Å². The third-order valence-corrected chi connectivity index (χ3v) is 5.75. The third-order valence-electron chi connectivity index (χ3n) is 5.75. The largest absolute Gasteiger partial charge is 0.391 e. The second kappa shape index (κ2) is 7.43. The molecule has 1 saturated carbocycles. The number of nitrogens with zero attached hydrogens (tertiary/aromatic N) is 6. The van der Waals surface area contributed by atoms with Crippen molar-refractivity contribution in [2.75, 3.05) is 5.32 Å². The van der Waals surface area contributed by atoms with Gasteiger partial charge < -0.3 is 5.32 Å². The molecule has 0 unspecified atom stereocenters. The highest BCUT2D eigenvalue weighted by Gasteiger charge is 2.49. The van der Waals surface area contributed by atoms with Crippen LogP contribution in [0.3, 0.4) is 0 Å². The number of hydrogen-bond donors (Lipinski definition) is 1. The normalized spacial score (nSPS) is 18.5. The second-order valence-corrected chi connectivity index (χ2v) is 7.87. The van der Waals surface area contributed by atoms with Gasteiger partial charge in [-0.3, -0.25) is 4.79 Å². The molecule has 0 spiro atoms. The van der Waals surface area contributed by atoms with E-state index in [2.05, 4.69) is 25.8 Å². The zero-order valence-corrected chi connectivity index (χ0v) is 16.9. The highest BCUT2D eigenvalue weighted by Crippen LogP contribution is 2.46. The highest BCUT2D eigenvalue weighted by molar-refractivity contribution is 6.09. The number of halogens is 3. The van der Waals surface area contributed by atoms with Crippen LogP contribution in [-0.4, -0.2) is 41.9 Å². The first kappa shape index (κ1) is 20.2. The zero-order chi connectivity index (χ0) is 22.5. The quantitative estimate of drug-likeness (QED) is 0.516. The summed E-state index contributed by atoms with van der Waals surface area (Å²) < 4.78 is 39.8. The van der Waals surface area contributed by atoms with Crippen molar-refractivity contribution in [1.82, 2.24) is 29.8 Å². The van der Waals surface area contributed by atoms with Crippen LogP contribution >= 0.6 is 0 Å². The van der Waals surface area contributed by atoms with E-state index < -0.39 is 18.1 Å². The molecular formula is C21H18F3N7O. The molecule has 8 nitrogen and oxygen atoms in total. The number of carbonyl (C=O) groups excluding carboxylic acids is 1. The molecule has 1 fully saturated rings. The fraction of sp³-hybridized carbons (Fsp3) is 0.286. The summed E-state index contributed by atoms with van der Waals surface area (Å²) in [4.78, 5) is 14.1. The minimum absolute atomic E-state index is 0.0475. The molecule has 5 rings (SSSR count). The molecule has 1 aliphatic carbocycles. The minimum Gasteiger partial charge on any atom is -0.322 e. The molecule has 164 valence electrons. The predicted octanol–water partition coefficient (Wildman–Crippen LogP) is 4.06. The number of nitrogens with one attached hydrogen (secondary N) is 1. The maximum absolute atomic E-state index is 12.8. The number of rotatable bonds is 4. The van der Waals surface area contributed by atoms with Crippen LogP contribution in [0.1, 0.15) is 34.8 Å². The first-order valence-corrected chi connectivity index (χ1v) is 10.0. The van der Waals surface area contributed by atoms with Crippen LogP contribution in [0.25, 0.3) is 16.9 Å². The third kappa shape index (κ3) is 3.59. The van der Waals surface area contributed by atoms with Crippen LogP contribution in [0.4, 0.5) is 18.9 Å². The number of anilines is 1. The lowest BCUT2D eigenvalue weighted by Gasteiger charge is -2.35. The van der Waals surface area contributed by atoms with Gasteiger partial charge in [-0.15, -0.1) is 10.2 Å². The minimum atomic E-state index is -4.19. The van der Waals surface area contributed by atoms with E-state index in [1.807, 2.05) is 25.1 Å². The van der Waals surface area contributed by atoms with Gasteiger partial charge in [-0.2, -0.15) is 23.1 Å². The molecule has 3 heterocycles. The Balaban J connectivity index is 1.35. The molecule has 0 atom stereocenters. The summed E-state index contributed by atoms with van der Waals surface area (Å²) in [7, 11) is 0. The van der Waals surface area contributed by atoms with E-state index in [1.54, 1.807) is 28.9 Å². The summed E-state index contributed by atoms with van der Waals surface area (Å²) in [5.74, 6) is -1.34. The molecular weight excluding hydrogens is 423 g/mol. The van der Waals surface area contributed by atoms with Gasteiger partial charge in [0.15, 0.2) is 0 Å². The molecule has 1 aliphatic rings. The van der Waals surface area contributed by atoms with E-state index in [0.717, 1.165) is 5.56 Å². The summed E-state index contributed by atoms with van der Waals surface area (Å²) in [5, 5.41) is 19.2. The average molecular weight is 441 g/mol. The van der Waals surface area contributed by atoms with Gasteiger partial charge in [-0.25, -0.2) is 4.52 Å². The molecule has 0 aliphatic heterocycles. The topological polar surface area (TPSA) is 90.0 Å². The fourth-order valence-electron chi connectivity index (χ4n) is 3.73. The van der Waals surface area contributed by atoms with Crippen LogP contribution in [0.2, 0.25) is 0 Å². The molecule has 1 N–H and O–H groups in total. The number of aryl methyl sites for hydroxylation is 1. The summed E-state index contributed by atoms with van der Waals surface area (Å²) >= 11 is 0. The van der Waals surface area contributed by atoms with E-state index in [0.29, 0.717) is 22.3 Å². The number of benzene rings is 1. The molecule has 1 aromatic carbocycles. The van der Waals surface area contributed by atoms with Crippen molar-refractivity contribution in [2.24, 2.45) is 5.92 Å². The van der Waals surface area contributed by atoms with Crippen molar-refractivity contribution in [2.45, 2.75) is 32.0 Å². The first-order chi connectivity index (χ1) is 15.3. The van der Waals surface area contributed by atoms with Crippen LogP contribution in [-0.2, 0) is 0 Å². The first-order valence-electron chi connectivity index (χ1n) is 10.0. The van der Waals surface area contributed by atoms with Crippen LogP contribution in [0.5, 0.6) is 0 Å². The van der Waals surface area contributed by atoms with Crippen molar-refractivity contribution >= 4 is 17.1 Å². The Morgan fingerprint density at radius 3 is 2.78 bits per heavy atom. The van der Waals surface area contributed by atoms with Gasteiger partial charge in [0.25, 0.3) is 5.91 Å². The Morgan fingerprint density at radius 2 is 2.00 bits per heavy atom. The Labute approximate surface area is 180 Å². The SMILES string of the molecule is Cc1ccc(-c2nnn(C3CC(C(F)(F)F)C3)n2)cc1NC(=O)c1cnn2ccccc12. The Bertz CT molecular complexity index is 1300. The molecule has 32 heavy (non-hydrogen) atoms. The van der Waals surface area contributed by atoms with Crippen LogP contribution < -0.4 is 5.32 Å². The van der Waals surface area contributed by atoms with E-state index in [9.17, 15) is 18.0 Å². The van der Waals surface area contributed by atoms with Gasteiger partial charge in [-0.05, 0) is 48.7 Å². The van der Waals surface area contributed by atoms with Crippen LogP contribution in [0, 0.1) is 12.8 Å². The molecule has 3 aromatic heterocycles. The van der Waals surface area contributed by atoms with Crippen molar-refractivity contribution in [3.63, 3.8) is 0 Å².